The van der Waals surface area contributed by atoms with Crippen LogP contribution in [0, 0.1) is 5.92 Å². The molecule has 0 aliphatic rings. The monoisotopic (exact) mass is 218 g/mol. The lowest BCUT2D eigenvalue weighted by Crippen LogP contribution is -2.46. The number of alkyl halides is 3. The number of halogens is 3. The Bertz CT molecular complexity index is 318. The standard InChI is InChI=1S/C11H13F3O/c1-8(2)10(15,11(12,13)14)9-6-4-3-5-7-9/h3-8,15H,1-2H3/t10-/m1/s1. The van der Waals surface area contributed by atoms with E-state index >= 15 is 0 Å². The van der Waals surface area contributed by atoms with Gasteiger partial charge in [-0.2, -0.15) is 13.2 Å². The van der Waals surface area contributed by atoms with E-state index in [4.69, 9.17) is 0 Å². The maximum absolute atomic E-state index is 12.8. The van der Waals surface area contributed by atoms with E-state index in [-0.39, 0.29) is 5.56 Å². The van der Waals surface area contributed by atoms with Crippen molar-refractivity contribution in [2.45, 2.75) is 25.6 Å². The molecule has 0 saturated carbocycles. The quantitative estimate of drug-likeness (QED) is 0.808. The SMILES string of the molecule is CC(C)[C@@](O)(c1ccccc1)C(F)(F)F. The smallest absolute Gasteiger partial charge is 0.376 e. The van der Waals surface area contributed by atoms with Gasteiger partial charge in [0, 0.05) is 0 Å². The molecule has 0 aliphatic heterocycles. The average molecular weight is 218 g/mol. The van der Waals surface area contributed by atoms with Gasteiger partial charge in [-0.1, -0.05) is 44.2 Å². The third-order valence-corrected chi connectivity index (χ3v) is 2.48. The number of aliphatic hydroxyl groups is 1. The van der Waals surface area contributed by atoms with Crippen molar-refractivity contribution in [3.8, 4) is 0 Å². The van der Waals surface area contributed by atoms with Crippen molar-refractivity contribution in [3.05, 3.63) is 35.9 Å². The average Bonchev–Trinajstić information content (AvgIpc) is 2.16. The molecule has 0 unspecified atom stereocenters. The Morgan fingerprint density at radius 2 is 1.53 bits per heavy atom. The highest BCUT2D eigenvalue weighted by Gasteiger charge is 2.56. The van der Waals surface area contributed by atoms with Crippen LogP contribution in [0.3, 0.4) is 0 Å². The summed E-state index contributed by atoms with van der Waals surface area (Å²) in [6, 6.07) is 7.14. The molecule has 0 bridgehead atoms. The molecule has 0 radical (unpaired) electrons. The summed E-state index contributed by atoms with van der Waals surface area (Å²) in [7, 11) is 0. The Morgan fingerprint density at radius 3 is 1.87 bits per heavy atom. The van der Waals surface area contributed by atoms with Crippen LogP contribution in [0.15, 0.2) is 30.3 Å². The molecular weight excluding hydrogens is 205 g/mol. The highest BCUT2D eigenvalue weighted by atomic mass is 19.4. The van der Waals surface area contributed by atoms with Crippen LogP contribution in [-0.2, 0) is 5.60 Å². The first-order valence-corrected chi connectivity index (χ1v) is 4.64. The van der Waals surface area contributed by atoms with Gasteiger partial charge in [0.15, 0.2) is 5.60 Å². The molecule has 0 fully saturated rings. The molecule has 0 spiro atoms. The molecule has 0 heterocycles. The van der Waals surface area contributed by atoms with Crippen LogP contribution in [0.5, 0.6) is 0 Å². The van der Waals surface area contributed by atoms with E-state index in [1.165, 1.54) is 38.1 Å². The topological polar surface area (TPSA) is 20.2 Å². The molecule has 1 aromatic carbocycles. The molecule has 15 heavy (non-hydrogen) atoms. The van der Waals surface area contributed by atoms with Crippen LogP contribution < -0.4 is 0 Å². The second-order valence-corrected chi connectivity index (χ2v) is 3.78. The molecule has 0 aromatic heterocycles. The van der Waals surface area contributed by atoms with Crippen LogP contribution >= 0.6 is 0 Å². The van der Waals surface area contributed by atoms with Gasteiger partial charge in [0.1, 0.15) is 0 Å². The van der Waals surface area contributed by atoms with Crippen LogP contribution in [-0.4, -0.2) is 11.3 Å². The predicted octanol–water partition coefficient (Wildman–Crippen LogP) is 3.09. The normalized spacial score (nSPS) is 16.5. The Labute approximate surface area is 86.5 Å². The highest BCUT2D eigenvalue weighted by molar-refractivity contribution is 5.24. The molecule has 1 atom stereocenters. The van der Waals surface area contributed by atoms with E-state index in [2.05, 4.69) is 0 Å². The third kappa shape index (κ3) is 2.00. The van der Waals surface area contributed by atoms with E-state index in [9.17, 15) is 18.3 Å². The van der Waals surface area contributed by atoms with Crippen molar-refractivity contribution < 1.29 is 18.3 Å². The summed E-state index contributed by atoms with van der Waals surface area (Å²) in [5.74, 6) is -0.931. The van der Waals surface area contributed by atoms with Gasteiger partial charge >= 0.3 is 6.18 Å². The van der Waals surface area contributed by atoms with Crippen molar-refractivity contribution in [1.82, 2.24) is 0 Å². The van der Waals surface area contributed by atoms with Gasteiger partial charge in [0.05, 0.1) is 0 Å². The van der Waals surface area contributed by atoms with Gasteiger partial charge in [-0.05, 0) is 11.5 Å². The minimum atomic E-state index is -4.66. The maximum Gasteiger partial charge on any atom is 0.421 e. The first kappa shape index (κ1) is 12.0. The van der Waals surface area contributed by atoms with Crippen molar-refractivity contribution in [2.75, 3.05) is 0 Å². The highest BCUT2D eigenvalue weighted by Crippen LogP contribution is 2.44. The summed E-state index contributed by atoms with van der Waals surface area (Å²) in [5.41, 5.74) is -2.89. The molecule has 4 heteroatoms. The molecule has 1 N–H and O–H groups in total. The van der Waals surface area contributed by atoms with Crippen molar-refractivity contribution >= 4 is 0 Å². The Balaban J connectivity index is 3.26. The summed E-state index contributed by atoms with van der Waals surface area (Å²) >= 11 is 0. The second-order valence-electron chi connectivity index (χ2n) is 3.78. The van der Waals surface area contributed by atoms with Gasteiger partial charge in [-0.15, -0.1) is 0 Å². The number of hydrogen-bond acceptors (Lipinski definition) is 1. The molecule has 1 nitrogen and oxygen atoms in total. The Hall–Kier alpha value is -1.03. The van der Waals surface area contributed by atoms with Gasteiger partial charge < -0.3 is 5.11 Å². The van der Waals surface area contributed by atoms with Crippen LogP contribution in [0.2, 0.25) is 0 Å². The van der Waals surface area contributed by atoms with Gasteiger partial charge in [-0.25, -0.2) is 0 Å². The summed E-state index contributed by atoms with van der Waals surface area (Å²) in [5, 5.41) is 9.77. The lowest BCUT2D eigenvalue weighted by Gasteiger charge is -2.34. The minimum absolute atomic E-state index is 0.118. The third-order valence-electron chi connectivity index (χ3n) is 2.48. The van der Waals surface area contributed by atoms with E-state index in [1.54, 1.807) is 6.07 Å². The first-order chi connectivity index (χ1) is 6.80. The summed E-state index contributed by atoms with van der Waals surface area (Å²) in [6.45, 7) is 2.70. The van der Waals surface area contributed by atoms with Gasteiger partial charge in [0.2, 0.25) is 0 Å². The molecule has 0 amide bonds. The van der Waals surface area contributed by atoms with Crippen LogP contribution in [0.1, 0.15) is 19.4 Å². The zero-order valence-electron chi connectivity index (χ0n) is 8.55. The predicted molar refractivity (Wildman–Crippen MR) is 51.2 cm³/mol. The van der Waals surface area contributed by atoms with Crippen LogP contribution in [0.25, 0.3) is 0 Å². The van der Waals surface area contributed by atoms with E-state index < -0.39 is 17.7 Å². The van der Waals surface area contributed by atoms with Crippen molar-refractivity contribution in [3.63, 3.8) is 0 Å². The lowest BCUT2D eigenvalue weighted by molar-refractivity contribution is -0.283. The van der Waals surface area contributed by atoms with E-state index in [0.717, 1.165) is 0 Å². The van der Waals surface area contributed by atoms with Gasteiger partial charge in [0.25, 0.3) is 0 Å². The Morgan fingerprint density at radius 1 is 1.07 bits per heavy atom. The molecule has 0 aliphatic carbocycles. The first-order valence-electron chi connectivity index (χ1n) is 4.64. The fourth-order valence-corrected chi connectivity index (χ4v) is 1.52. The molecule has 84 valence electrons. The van der Waals surface area contributed by atoms with Crippen LogP contribution in [0.4, 0.5) is 13.2 Å². The van der Waals surface area contributed by atoms with Crippen molar-refractivity contribution in [2.24, 2.45) is 5.92 Å². The molecular formula is C11H13F3O. The van der Waals surface area contributed by atoms with E-state index in [1.807, 2.05) is 0 Å². The Kier molecular flexibility index (Phi) is 3.09. The molecule has 0 saturated heterocycles. The molecule has 1 rings (SSSR count). The second kappa shape index (κ2) is 3.85. The fourth-order valence-electron chi connectivity index (χ4n) is 1.52. The summed E-state index contributed by atoms with van der Waals surface area (Å²) in [4.78, 5) is 0. The maximum atomic E-state index is 12.8. The summed E-state index contributed by atoms with van der Waals surface area (Å²) < 4.78 is 38.4. The zero-order chi connectivity index (χ0) is 11.7. The fraction of sp³-hybridized carbons (Fsp3) is 0.455. The largest absolute Gasteiger partial charge is 0.421 e. The number of benzene rings is 1. The number of hydrogen-bond donors (Lipinski definition) is 1. The molecule has 1 aromatic rings. The lowest BCUT2D eigenvalue weighted by atomic mass is 9.83. The number of rotatable bonds is 2. The zero-order valence-corrected chi connectivity index (χ0v) is 8.55. The van der Waals surface area contributed by atoms with Gasteiger partial charge in [-0.3, -0.25) is 0 Å². The minimum Gasteiger partial charge on any atom is -0.376 e. The van der Waals surface area contributed by atoms with Crippen molar-refractivity contribution in [1.29, 1.82) is 0 Å². The van der Waals surface area contributed by atoms with E-state index in [0.29, 0.717) is 0 Å². The summed E-state index contributed by atoms with van der Waals surface area (Å²) in [6.07, 6.45) is -4.66.